The van der Waals surface area contributed by atoms with Crippen molar-refractivity contribution in [2.75, 3.05) is 6.54 Å². The molecule has 0 heterocycles. The van der Waals surface area contributed by atoms with Gasteiger partial charge in [0.05, 0.1) is 5.25 Å². The van der Waals surface area contributed by atoms with E-state index in [0.29, 0.717) is 6.54 Å². The maximum atomic E-state index is 11.9. The molecule has 4 heteroatoms. The summed E-state index contributed by atoms with van der Waals surface area (Å²) in [5.74, 6) is 0.229. The molecule has 0 unspecified atom stereocenters. The minimum absolute atomic E-state index is 0.137. The molecule has 0 bridgehead atoms. The number of benzene rings is 1. The molecule has 1 aromatic rings. The van der Waals surface area contributed by atoms with Gasteiger partial charge in [-0.15, -0.1) is 0 Å². The normalized spacial score (nSPS) is 14.3. The standard InChI is InChI=1S/C18H31NO2S/c1-7-8-16(13-19-22(20,21)14(2)3)15-9-11-17(12-10-15)18(4,5)6/h9-12,14,16,19H,7-8,13H2,1-6H3/t16-/m0/s1. The Kier molecular flexibility index (Phi) is 6.63. The van der Waals surface area contributed by atoms with Crippen molar-refractivity contribution in [2.24, 2.45) is 0 Å². The molecule has 3 nitrogen and oxygen atoms in total. The van der Waals surface area contributed by atoms with Crippen molar-refractivity contribution in [1.29, 1.82) is 0 Å². The highest BCUT2D eigenvalue weighted by Gasteiger charge is 2.19. The molecule has 0 fully saturated rings. The van der Waals surface area contributed by atoms with Crippen LogP contribution in [0.4, 0.5) is 0 Å². The molecular formula is C18H31NO2S. The third kappa shape index (κ3) is 5.40. The molecule has 22 heavy (non-hydrogen) atoms. The topological polar surface area (TPSA) is 46.2 Å². The Morgan fingerprint density at radius 3 is 2.05 bits per heavy atom. The lowest BCUT2D eigenvalue weighted by molar-refractivity contribution is 0.548. The lowest BCUT2D eigenvalue weighted by Gasteiger charge is -2.22. The molecular weight excluding hydrogens is 294 g/mol. The highest BCUT2D eigenvalue weighted by atomic mass is 32.2. The van der Waals surface area contributed by atoms with Crippen molar-refractivity contribution in [1.82, 2.24) is 4.72 Å². The number of hydrogen-bond donors (Lipinski definition) is 1. The molecule has 0 radical (unpaired) electrons. The van der Waals surface area contributed by atoms with Gasteiger partial charge in [0, 0.05) is 6.54 Å². The summed E-state index contributed by atoms with van der Waals surface area (Å²) in [6.45, 7) is 12.6. The fourth-order valence-electron chi connectivity index (χ4n) is 2.37. The van der Waals surface area contributed by atoms with Gasteiger partial charge in [-0.2, -0.15) is 0 Å². The molecule has 1 N–H and O–H groups in total. The summed E-state index contributed by atoms with van der Waals surface area (Å²) < 4.78 is 26.6. The summed E-state index contributed by atoms with van der Waals surface area (Å²) in [5.41, 5.74) is 2.65. The number of sulfonamides is 1. The molecule has 1 aromatic carbocycles. The molecule has 1 atom stereocenters. The molecule has 0 spiro atoms. The van der Waals surface area contributed by atoms with Gasteiger partial charge in [0.1, 0.15) is 0 Å². The lowest BCUT2D eigenvalue weighted by Crippen LogP contribution is -2.34. The van der Waals surface area contributed by atoms with Crippen LogP contribution in [-0.2, 0) is 15.4 Å². The van der Waals surface area contributed by atoms with Gasteiger partial charge in [-0.3, -0.25) is 0 Å². The van der Waals surface area contributed by atoms with E-state index in [-0.39, 0.29) is 11.3 Å². The van der Waals surface area contributed by atoms with Gasteiger partial charge in [0.25, 0.3) is 0 Å². The quantitative estimate of drug-likeness (QED) is 0.817. The minimum Gasteiger partial charge on any atom is -0.214 e. The highest BCUT2D eigenvalue weighted by molar-refractivity contribution is 7.90. The monoisotopic (exact) mass is 325 g/mol. The minimum atomic E-state index is -3.20. The first-order chi connectivity index (χ1) is 10.1. The third-order valence-corrected chi connectivity index (χ3v) is 5.85. The molecule has 0 amide bonds. The summed E-state index contributed by atoms with van der Waals surface area (Å²) in [5, 5.41) is -0.391. The molecule has 0 aliphatic heterocycles. The van der Waals surface area contributed by atoms with E-state index in [2.05, 4.69) is 56.7 Å². The summed E-state index contributed by atoms with van der Waals surface area (Å²) in [7, 11) is -3.20. The van der Waals surface area contributed by atoms with E-state index >= 15 is 0 Å². The first-order valence-corrected chi connectivity index (χ1v) is 9.71. The smallest absolute Gasteiger partial charge is 0.213 e. The van der Waals surface area contributed by atoms with Crippen molar-refractivity contribution in [2.45, 2.75) is 71.0 Å². The zero-order valence-electron chi connectivity index (χ0n) is 14.8. The van der Waals surface area contributed by atoms with Crippen LogP contribution in [0, 0.1) is 0 Å². The summed E-state index contributed by atoms with van der Waals surface area (Å²) in [4.78, 5) is 0. The second kappa shape index (κ2) is 7.60. The molecule has 1 rings (SSSR count). The third-order valence-electron chi connectivity index (χ3n) is 4.04. The van der Waals surface area contributed by atoms with Crippen LogP contribution in [0.2, 0.25) is 0 Å². The van der Waals surface area contributed by atoms with Gasteiger partial charge in [-0.05, 0) is 42.7 Å². The van der Waals surface area contributed by atoms with Crippen LogP contribution in [0.15, 0.2) is 24.3 Å². The first-order valence-electron chi connectivity index (χ1n) is 8.17. The predicted octanol–water partition coefficient (Wildman–Crippen LogP) is 4.20. The first kappa shape index (κ1) is 19.2. The van der Waals surface area contributed by atoms with Crippen molar-refractivity contribution in [3.05, 3.63) is 35.4 Å². The van der Waals surface area contributed by atoms with Gasteiger partial charge < -0.3 is 0 Å². The van der Waals surface area contributed by atoms with E-state index < -0.39 is 15.3 Å². The number of rotatable bonds is 7. The van der Waals surface area contributed by atoms with Crippen LogP contribution >= 0.6 is 0 Å². The van der Waals surface area contributed by atoms with Crippen LogP contribution in [0.1, 0.15) is 71.4 Å². The Balaban J connectivity index is 2.87. The SMILES string of the molecule is CCC[C@@H](CNS(=O)(=O)C(C)C)c1ccc(C(C)(C)C)cc1. The van der Waals surface area contributed by atoms with Crippen molar-refractivity contribution >= 4 is 10.0 Å². The van der Waals surface area contributed by atoms with Gasteiger partial charge in [-0.25, -0.2) is 13.1 Å². The number of hydrogen-bond acceptors (Lipinski definition) is 2. The summed E-state index contributed by atoms with van der Waals surface area (Å²) in [6, 6.07) is 8.61. The van der Waals surface area contributed by atoms with Gasteiger partial charge in [0.15, 0.2) is 0 Å². The Bertz CT molecular complexity index is 554. The Hall–Kier alpha value is -0.870. The van der Waals surface area contributed by atoms with Crippen LogP contribution in [0.25, 0.3) is 0 Å². The summed E-state index contributed by atoms with van der Waals surface area (Å²) >= 11 is 0. The molecule has 126 valence electrons. The van der Waals surface area contributed by atoms with Crippen molar-refractivity contribution < 1.29 is 8.42 Å². The van der Waals surface area contributed by atoms with E-state index in [9.17, 15) is 8.42 Å². The Morgan fingerprint density at radius 2 is 1.64 bits per heavy atom. The second-order valence-electron chi connectivity index (χ2n) is 7.30. The Morgan fingerprint density at radius 1 is 1.09 bits per heavy atom. The maximum absolute atomic E-state index is 11.9. The van der Waals surface area contributed by atoms with E-state index in [1.807, 2.05) is 0 Å². The zero-order valence-corrected chi connectivity index (χ0v) is 15.6. The molecule has 0 aliphatic carbocycles. The molecule has 0 saturated carbocycles. The fourth-order valence-corrected chi connectivity index (χ4v) is 3.14. The van der Waals surface area contributed by atoms with E-state index in [0.717, 1.165) is 12.8 Å². The van der Waals surface area contributed by atoms with Crippen LogP contribution < -0.4 is 4.72 Å². The predicted molar refractivity (Wildman–Crippen MR) is 94.8 cm³/mol. The number of nitrogens with one attached hydrogen (secondary N) is 1. The largest absolute Gasteiger partial charge is 0.214 e. The molecule has 0 aromatic heterocycles. The van der Waals surface area contributed by atoms with Gasteiger partial charge >= 0.3 is 0 Å². The van der Waals surface area contributed by atoms with Crippen LogP contribution in [-0.4, -0.2) is 20.2 Å². The van der Waals surface area contributed by atoms with Crippen LogP contribution in [0.5, 0.6) is 0 Å². The van der Waals surface area contributed by atoms with Crippen molar-refractivity contribution in [3.63, 3.8) is 0 Å². The Labute approximate surface area is 136 Å². The van der Waals surface area contributed by atoms with E-state index in [4.69, 9.17) is 0 Å². The van der Waals surface area contributed by atoms with Gasteiger partial charge in [0.2, 0.25) is 10.0 Å². The van der Waals surface area contributed by atoms with Crippen molar-refractivity contribution in [3.8, 4) is 0 Å². The fraction of sp³-hybridized carbons (Fsp3) is 0.667. The maximum Gasteiger partial charge on any atom is 0.213 e. The second-order valence-corrected chi connectivity index (χ2v) is 9.62. The average Bonchev–Trinajstić information content (AvgIpc) is 2.42. The molecule has 0 aliphatic rings. The van der Waals surface area contributed by atoms with E-state index in [1.165, 1.54) is 11.1 Å². The highest BCUT2D eigenvalue weighted by Crippen LogP contribution is 2.26. The summed E-state index contributed by atoms with van der Waals surface area (Å²) in [6.07, 6.45) is 2.02. The van der Waals surface area contributed by atoms with Gasteiger partial charge in [-0.1, -0.05) is 58.4 Å². The average molecular weight is 326 g/mol. The zero-order chi connectivity index (χ0) is 17.0. The lowest BCUT2D eigenvalue weighted by atomic mass is 9.85. The van der Waals surface area contributed by atoms with Crippen LogP contribution in [0.3, 0.4) is 0 Å². The van der Waals surface area contributed by atoms with E-state index in [1.54, 1.807) is 13.8 Å². The molecule has 0 saturated heterocycles.